The number of rotatable bonds is 7. The molecule has 0 aliphatic carbocycles. The molecule has 0 saturated carbocycles. The summed E-state index contributed by atoms with van der Waals surface area (Å²) in [6.07, 6.45) is 0. The lowest BCUT2D eigenvalue weighted by molar-refractivity contribution is 0.608. The molecule has 1 N–H and O–H groups in total. The Balaban J connectivity index is 1.79. The van der Waals surface area contributed by atoms with Crippen molar-refractivity contribution in [2.75, 3.05) is 11.5 Å². The van der Waals surface area contributed by atoms with Crippen molar-refractivity contribution in [1.29, 1.82) is 0 Å². The van der Waals surface area contributed by atoms with Crippen molar-refractivity contribution in [2.24, 2.45) is 0 Å². The summed E-state index contributed by atoms with van der Waals surface area (Å²) in [7, 11) is 0. The van der Waals surface area contributed by atoms with Crippen molar-refractivity contribution in [2.45, 2.75) is 26.9 Å². The lowest BCUT2D eigenvalue weighted by Gasteiger charge is -2.09. The number of aromatic nitrogens is 4. The van der Waals surface area contributed by atoms with Gasteiger partial charge in [0, 0.05) is 24.4 Å². The number of hydrogen-bond donors (Lipinski definition) is 1. The molecule has 2 aromatic carbocycles. The molecule has 0 aliphatic rings. The maximum Gasteiger partial charge on any atom is 0.332 e. The highest BCUT2D eigenvalue weighted by Crippen LogP contribution is 2.24. The van der Waals surface area contributed by atoms with Crippen LogP contribution in [0.2, 0.25) is 0 Å². The van der Waals surface area contributed by atoms with Gasteiger partial charge in [-0.05, 0) is 23.8 Å². The number of nitrogens with zero attached hydrogens (tertiary/aromatic N) is 3. The largest absolute Gasteiger partial charge is 0.332 e. The van der Waals surface area contributed by atoms with E-state index in [1.165, 1.54) is 4.57 Å². The van der Waals surface area contributed by atoms with Crippen LogP contribution in [0.25, 0.3) is 33.7 Å². The summed E-state index contributed by atoms with van der Waals surface area (Å²) in [5.41, 5.74) is 3.30. The van der Waals surface area contributed by atoms with Crippen molar-refractivity contribution >= 4 is 22.9 Å². The molecule has 2 heterocycles. The zero-order valence-corrected chi connectivity index (χ0v) is 17.9. The second kappa shape index (κ2) is 8.75. The lowest BCUT2D eigenvalue weighted by Crippen LogP contribution is -2.40. The number of aromatic amines is 1. The van der Waals surface area contributed by atoms with E-state index >= 15 is 0 Å². The van der Waals surface area contributed by atoms with Gasteiger partial charge < -0.3 is 4.98 Å². The SMILES string of the molecule is CCSCCn1c(=O)n(CC)c(=O)c2[nH]c(-c3ccc(-c4ccccc4)cc3)nc21. The Kier molecular flexibility index (Phi) is 5.90. The summed E-state index contributed by atoms with van der Waals surface area (Å²) in [6.45, 7) is 4.74. The van der Waals surface area contributed by atoms with Gasteiger partial charge in [-0.3, -0.25) is 13.9 Å². The second-order valence-corrected chi connectivity index (χ2v) is 8.30. The monoisotopic (exact) mass is 420 g/mol. The maximum atomic E-state index is 12.8. The summed E-state index contributed by atoms with van der Waals surface area (Å²) in [5, 5.41) is 0. The third-order valence-corrected chi connectivity index (χ3v) is 5.99. The molecule has 4 rings (SSSR count). The molecule has 154 valence electrons. The van der Waals surface area contributed by atoms with Gasteiger partial charge in [-0.15, -0.1) is 0 Å². The lowest BCUT2D eigenvalue weighted by atomic mass is 10.0. The summed E-state index contributed by atoms with van der Waals surface area (Å²) in [4.78, 5) is 33.5. The summed E-state index contributed by atoms with van der Waals surface area (Å²) in [5.74, 6) is 2.36. The van der Waals surface area contributed by atoms with Gasteiger partial charge in [-0.25, -0.2) is 9.78 Å². The Bertz CT molecular complexity index is 1270. The van der Waals surface area contributed by atoms with Gasteiger partial charge in [-0.1, -0.05) is 61.5 Å². The molecule has 0 aliphatic heterocycles. The average Bonchev–Trinajstić information content (AvgIpc) is 3.23. The van der Waals surface area contributed by atoms with E-state index in [2.05, 4.69) is 29.0 Å². The number of hydrogen-bond acceptors (Lipinski definition) is 4. The first kappa shape index (κ1) is 20.2. The molecule has 0 bridgehead atoms. The van der Waals surface area contributed by atoms with E-state index in [4.69, 9.17) is 0 Å². The van der Waals surface area contributed by atoms with Gasteiger partial charge in [0.2, 0.25) is 0 Å². The first-order chi connectivity index (χ1) is 14.6. The van der Waals surface area contributed by atoms with Gasteiger partial charge in [-0.2, -0.15) is 11.8 Å². The second-order valence-electron chi connectivity index (χ2n) is 6.91. The summed E-state index contributed by atoms with van der Waals surface area (Å²) < 4.78 is 2.88. The maximum absolute atomic E-state index is 12.8. The van der Waals surface area contributed by atoms with Crippen LogP contribution in [0, 0.1) is 0 Å². The molecule has 0 fully saturated rings. The number of imidazole rings is 1. The van der Waals surface area contributed by atoms with Crippen LogP contribution < -0.4 is 11.2 Å². The number of fused-ring (bicyclic) bond motifs is 1. The van der Waals surface area contributed by atoms with E-state index in [1.54, 1.807) is 23.3 Å². The van der Waals surface area contributed by atoms with Crippen LogP contribution in [0.4, 0.5) is 0 Å². The molecule has 0 amide bonds. The van der Waals surface area contributed by atoms with Gasteiger partial charge >= 0.3 is 5.69 Å². The highest BCUT2D eigenvalue weighted by molar-refractivity contribution is 7.99. The van der Waals surface area contributed by atoms with Crippen LogP contribution in [0.15, 0.2) is 64.2 Å². The molecule has 6 nitrogen and oxygen atoms in total. The smallest absolute Gasteiger partial charge is 0.332 e. The number of aryl methyl sites for hydroxylation is 1. The van der Waals surface area contributed by atoms with E-state index < -0.39 is 0 Å². The Hall–Kier alpha value is -3.06. The van der Waals surface area contributed by atoms with E-state index in [0.29, 0.717) is 30.1 Å². The first-order valence-corrected chi connectivity index (χ1v) is 11.3. The molecule has 30 heavy (non-hydrogen) atoms. The minimum absolute atomic E-state index is 0.302. The Morgan fingerprint density at radius 1 is 0.900 bits per heavy atom. The van der Waals surface area contributed by atoms with Crippen molar-refractivity contribution in [3.8, 4) is 22.5 Å². The van der Waals surface area contributed by atoms with E-state index in [1.807, 2.05) is 42.5 Å². The molecule has 0 atom stereocenters. The van der Waals surface area contributed by atoms with Crippen LogP contribution >= 0.6 is 11.8 Å². The molecule has 0 unspecified atom stereocenters. The highest BCUT2D eigenvalue weighted by atomic mass is 32.2. The molecular weight excluding hydrogens is 396 g/mol. The molecule has 7 heteroatoms. The van der Waals surface area contributed by atoms with Crippen molar-refractivity contribution in [1.82, 2.24) is 19.1 Å². The predicted octanol–water partition coefficient (Wildman–Crippen LogP) is 3.99. The van der Waals surface area contributed by atoms with Crippen molar-refractivity contribution in [3.63, 3.8) is 0 Å². The number of nitrogens with one attached hydrogen (secondary N) is 1. The minimum Gasteiger partial charge on any atom is -0.332 e. The van der Waals surface area contributed by atoms with Crippen LogP contribution in [0.3, 0.4) is 0 Å². The van der Waals surface area contributed by atoms with Gasteiger partial charge in [0.1, 0.15) is 11.3 Å². The number of thioether (sulfide) groups is 1. The van der Waals surface area contributed by atoms with Crippen LogP contribution in [-0.4, -0.2) is 30.6 Å². The summed E-state index contributed by atoms with van der Waals surface area (Å²) in [6, 6.07) is 18.2. The molecule has 4 aromatic rings. The van der Waals surface area contributed by atoms with Crippen LogP contribution in [0.1, 0.15) is 13.8 Å². The van der Waals surface area contributed by atoms with Crippen molar-refractivity contribution in [3.05, 3.63) is 75.4 Å². The Morgan fingerprint density at radius 2 is 1.57 bits per heavy atom. The van der Waals surface area contributed by atoms with Crippen LogP contribution in [0.5, 0.6) is 0 Å². The third-order valence-electron chi connectivity index (χ3n) is 5.11. The quantitative estimate of drug-likeness (QED) is 0.459. The van der Waals surface area contributed by atoms with E-state index in [-0.39, 0.29) is 11.2 Å². The minimum atomic E-state index is -0.323. The molecule has 0 radical (unpaired) electrons. The van der Waals surface area contributed by atoms with Gasteiger partial charge in [0.15, 0.2) is 5.65 Å². The third kappa shape index (κ3) is 3.73. The zero-order valence-electron chi connectivity index (χ0n) is 17.1. The van der Waals surface area contributed by atoms with Gasteiger partial charge in [0.05, 0.1) is 0 Å². The number of benzene rings is 2. The highest BCUT2D eigenvalue weighted by Gasteiger charge is 2.17. The van der Waals surface area contributed by atoms with Crippen LogP contribution in [-0.2, 0) is 13.1 Å². The first-order valence-electron chi connectivity index (χ1n) is 10.1. The standard InChI is InChI=1S/C23H24N4O2S/c1-3-26-22(28)19-21(27(23(26)29)14-15-30-4-2)25-20(24-19)18-12-10-17(11-13-18)16-8-6-5-7-9-16/h5-13H,3-4,14-15H2,1-2H3,(H,24,25). The normalized spacial score (nSPS) is 11.3. The van der Waals surface area contributed by atoms with E-state index in [0.717, 1.165) is 28.2 Å². The molecular formula is C23H24N4O2S. The Labute approximate surface area is 178 Å². The fraction of sp³-hybridized carbons (Fsp3) is 0.261. The van der Waals surface area contributed by atoms with Crippen molar-refractivity contribution < 1.29 is 0 Å². The van der Waals surface area contributed by atoms with Gasteiger partial charge in [0.25, 0.3) is 5.56 Å². The number of H-pyrrole nitrogens is 1. The topological polar surface area (TPSA) is 72.7 Å². The summed E-state index contributed by atoms with van der Waals surface area (Å²) >= 11 is 1.76. The Morgan fingerprint density at radius 3 is 2.23 bits per heavy atom. The predicted molar refractivity (Wildman–Crippen MR) is 124 cm³/mol. The van der Waals surface area contributed by atoms with E-state index in [9.17, 15) is 9.59 Å². The molecule has 0 spiro atoms. The zero-order chi connectivity index (χ0) is 21.1. The fourth-order valence-electron chi connectivity index (χ4n) is 3.54. The fourth-order valence-corrected chi connectivity index (χ4v) is 4.14. The average molecular weight is 421 g/mol. The molecule has 2 aromatic heterocycles. The molecule has 0 saturated heterocycles.